The van der Waals surface area contributed by atoms with Crippen LogP contribution < -0.4 is 4.90 Å². The second-order valence-corrected chi connectivity index (χ2v) is 8.89. The second-order valence-electron chi connectivity index (χ2n) is 6.54. The molecule has 0 saturated carbocycles. The maximum Gasteiger partial charge on any atom is 0.417 e. The van der Waals surface area contributed by atoms with Crippen molar-refractivity contribution in [3.8, 4) is 6.07 Å². The van der Waals surface area contributed by atoms with E-state index in [-0.39, 0.29) is 13.1 Å². The van der Waals surface area contributed by atoms with Gasteiger partial charge in [0.05, 0.1) is 27.1 Å². The van der Waals surface area contributed by atoms with Crippen molar-refractivity contribution in [2.45, 2.75) is 17.5 Å². The van der Waals surface area contributed by atoms with Gasteiger partial charge in [0.2, 0.25) is 10.0 Å². The number of hydrogen-bond acceptors (Lipinski definition) is 4. The first kappa shape index (κ1) is 21.4. The van der Waals surface area contributed by atoms with Gasteiger partial charge in [-0.1, -0.05) is 11.6 Å². The minimum absolute atomic E-state index is 0.131. The molecule has 2 aromatic carbocycles. The third-order valence-corrected chi connectivity index (χ3v) is 6.92. The lowest BCUT2D eigenvalue weighted by Gasteiger charge is -2.24. The summed E-state index contributed by atoms with van der Waals surface area (Å²) in [5, 5.41) is 8.35. The Bertz CT molecular complexity index is 1030. The summed E-state index contributed by atoms with van der Waals surface area (Å²) in [5.41, 5.74) is 0.208. The average molecular weight is 444 g/mol. The predicted molar refractivity (Wildman–Crippen MR) is 103 cm³/mol. The molecule has 0 atom stereocenters. The summed E-state index contributed by atoms with van der Waals surface area (Å²) < 4.78 is 66.3. The van der Waals surface area contributed by atoms with Gasteiger partial charge < -0.3 is 4.90 Å². The smallest absolute Gasteiger partial charge is 0.370 e. The lowest BCUT2D eigenvalue weighted by molar-refractivity contribution is -0.137. The predicted octanol–water partition coefficient (Wildman–Crippen LogP) is 4.13. The lowest BCUT2D eigenvalue weighted by atomic mass is 10.2. The SMILES string of the molecule is N#Cc1ccc(N2CCCN(S(=O)(=O)c3ccc(Cl)c(C(F)(F)F)c3)CC2)cc1. The Hall–Kier alpha value is -2.28. The largest absolute Gasteiger partial charge is 0.417 e. The Morgan fingerprint density at radius 2 is 1.69 bits per heavy atom. The first-order chi connectivity index (χ1) is 13.6. The summed E-state index contributed by atoms with van der Waals surface area (Å²) >= 11 is 5.60. The molecule has 2 aromatic rings. The molecule has 5 nitrogen and oxygen atoms in total. The van der Waals surface area contributed by atoms with E-state index in [4.69, 9.17) is 16.9 Å². The summed E-state index contributed by atoms with van der Waals surface area (Å²) in [6.45, 7) is 1.29. The van der Waals surface area contributed by atoms with Crippen LogP contribution >= 0.6 is 11.6 Å². The number of nitriles is 1. The summed E-state index contributed by atoms with van der Waals surface area (Å²) in [6.07, 6.45) is -4.23. The first-order valence-electron chi connectivity index (χ1n) is 8.75. The average Bonchev–Trinajstić information content (AvgIpc) is 2.94. The van der Waals surface area contributed by atoms with Crippen LogP contribution in [0.2, 0.25) is 5.02 Å². The molecule has 0 bridgehead atoms. The van der Waals surface area contributed by atoms with Crippen LogP contribution in [0.25, 0.3) is 0 Å². The number of sulfonamides is 1. The van der Waals surface area contributed by atoms with Crippen molar-refractivity contribution in [2.75, 3.05) is 31.1 Å². The molecule has 1 aliphatic heterocycles. The highest BCUT2D eigenvalue weighted by Crippen LogP contribution is 2.36. The van der Waals surface area contributed by atoms with E-state index in [1.54, 1.807) is 24.3 Å². The second kappa shape index (κ2) is 8.22. The van der Waals surface area contributed by atoms with E-state index in [0.29, 0.717) is 31.1 Å². The summed E-state index contributed by atoms with van der Waals surface area (Å²) in [5.74, 6) is 0. The number of rotatable bonds is 3. The van der Waals surface area contributed by atoms with E-state index < -0.39 is 31.7 Å². The third kappa shape index (κ3) is 4.66. The van der Waals surface area contributed by atoms with Crippen LogP contribution in [0.15, 0.2) is 47.4 Å². The first-order valence-corrected chi connectivity index (χ1v) is 10.6. The summed E-state index contributed by atoms with van der Waals surface area (Å²) in [4.78, 5) is 1.56. The van der Waals surface area contributed by atoms with Gasteiger partial charge >= 0.3 is 6.18 Å². The monoisotopic (exact) mass is 443 g/mol. The molecule has 1 fully saturated rings. The van der Waals surface area contributed by atoms with Crippen LogP contribution in [0.5, 0.6) is 0 Å². The quantitative estimate of drug-likeness (QED) is 0.715. The minimum atomic E-state index is -4.74. The Labute approximate surface area is 172 Å². The number of nitrogens with zero attached hydrogens (tertiary/aromatic N) is 3. The maximum atomic E-state index is 13.1. The summed E-state index contributed by atoms with van der Waals surface area (Å²) in [6, 6.07) is 11.6. The van der Waals surface area contributed by atoms with E-state index in [2.05, 4.69) is 0 Å². The number of anilines is 1. The van der Waals surface area contributed by atoms with Crippen molar-refractivity contribution in [1.82, 2.24) is 4.31 Å². The standard InChI is InChI=1S/C19H17ClF3N3O2S/c20-18-7-6-16(12-17(18)19(21,22)23)29(27,28)26-9-1-8-25(10-11-26)15-4-2-14(13-24)3-5-15/h2-7,12H,1,8-11H2. The highest BCUT2D eigenvalue weighted by Gasteiger charge is 2.35. The van der Waals surface area contributed by atoms with Crippen LogP contribution in [0.1, 0.15) is 17.5 Å². The Morgan fingerprint density at radius 3 is 2.31 bits per heavy atom. The Balaban J connectivity index is 1.81. The fourth-order valence-electron chi connectivity index (χ4n) is 3.17. The van der Waals surface area contributed by atoms with Gasteiger partial charge in [0, 0.05) is 31.9 Å². The van der Waals surface area contributed by atoms with Gasteiger partial charge in [-0.3, -0.25) is 0 Å². The van der Waals surface area contributed by atoms with Crippen LogP contribution in [0.3, 0.4) is 0 Å². The fraction of sp³-hybridized carbons (Fsp3) is 0.316. The molecule has 3 rings (SSSR count). The zero-order valence-corrected chi connectivity index (χ0v) is 16.7. The Kier molecular flexibility index (Phi) is 6.08. The molecule has 0 radical (unpaired) electrons. The number of halogens is 4. The van der Waals surface area contributed by atoms with Crippen LogP contribution in [0.4, 0.5) is 18.9 Å². The molecule has 0 amide bonds. The zero-order valence-electron chi connectivity index (χ0n) is 15.2. The van der Waals surface area contributed by atoms with E-state index >= 15 is 0 Å². The van der Waals surface area contributed by atoms with Crippen molar-refractivity contribution in [2.24, 2.45) is 0 Å². The van der Waals surface area contributed by atoms with Crippen molar-refractivity contribution in [3.63, 3.8) is 0 Å². The van der Waals surface area contributed by atoms with Gasteiger partial charge in [-0.05, 0) is 48.9 Å². The molecule has 0 unspecified atom stereocenters. The molecule has 154 valence electrons. The van der Waals surface area contributed by atoms with Gasteiger partial charge in [0.15, 0.2) is 0 Å². The van der Waals surface area contributed by atoms with Crippen LogP contribution in [0, 0.1) is 11.3 Å². The van der Waals surface area contributed by atoms with Crippen molar-refractivity contribution < 1.29 is 21.6 Å². The van der Waals surface area contributed by atoms with Gasteiger partial charge in [0.25, 0.3) is 0 Å². The molecular weight excluding hydrogens is 427 g/mol. The van der Waals surface area contributed by atoms with E-state index in [0.717, 1.165) is 17.8 Å². The lowest BCUT2D eigenvalue weighted by Crippen LogP contribution is -2.35. The van der Waals surface area contributed by atoms with Crippen molar-refractivity contribution in [1.29, 1.82) is 5.26 Å². The summed E-state index contributed by atoms with van der Waals surface area (Å²) in [7, 11) is -4.10. The third-order valence-electron chi connectivity index (χ3n) is 4.70. The van der Waals surface area contributed by atoms with Crippen LogP contribution in [-0.4, -0.2) is 38.9 Å². The van der Waals surface area contributed by atoms with Gasteiger partial charge in [0.1, 0.15) is 0 Å². The fourth-order valence-corrected chi connectivity index (χ4v) is 4.89. The van der Waals surface area contributed by atoms with Gasteiger partial charge in [-0.25, -0.2) is 8.42 Å². The molecule has 10 heteroatoms. The van der Waals surface area contributed by atoms with E-state index in [1.807, 2.05) is 11.0 Å². The number of alkyl halides is 3. The molecular formula is C19H17ClF3N3O2S. The number of hydrogen-bond donors (Lipinski definition) is 0. The molecule has 0 aromatic heterocycles. The zero-order chi connectivity index (χ0) is 21.2. The molecule has 0 N–H and O–H groups in total. The highest BCUT2D eigenvalue weighted by atomic mass is 35.5. The van der Waals surface area contributed by atoms with E-state index in [1.165, 1.54) is 4.31 Å². The van der Waals surface area contributed by atoms with E-state index in [9.17, 15) is 21.6 Å². The van der Waals surface area contributed by atoms with Crippen molar-refractivity contribution in [3.05, 3.63) is 58.6 Å². The minimum Gasteiger partial charge on any atom is -0.370 e. The van der Waals surface area contributed by atoms with Crippen molar-refractivity contribution >= 4 is 27.3 Å². The normalized spacial score (nSPS) is 16.3. The van der Waals surface area contributed by atoms with Gasteiger partial charge in [-0.15, -0.1) is 0 Å². The topological polar surface area (TPSA) is 64.4 Å². The van der Waals surface area contributed by atoms with Crippen LogP contribution in [-0.2, 0) is 16.2 Å². The number of benzene rings is 2. The molecule has 0 spiro atoms. The highest BCUT2D eigenvalue weighted by molar-refractivity contribution is 7.89. The maximum absolute atomic E-state index is 13.1. The molecule has 1 saturated heterocycles. The molecule has 1 heterocycles. The molecule has 0 aliphatic carbocycles. The van der Waals surface area contributed by atoms with Gasteiger partial charge in [-0.2, -0.15) is 22.7 Å². The Morgan fingerprint density at radius 1 is 1.00 bits per heavy atom. The molecule has 1 aliphatic rings. The molecule has 29 heavy (non-hydrogen) atoms.